The lowest BCUT2D eigenvalue weighted by Gasteiger charge is -2.32. The van der Waals surface area contributed by atoms with E-state index in [9.17, 15) is 8.78 Å². The first-order chi connectivity index (χ1) is 14.5. The second kappa shape index (κ2) is 10.7. The number of pyridine rings is 1. The summed E-state index contributed by atoms with van der Waals surface area (Å²) >= 11 is 6.35. The Bertz CT molecular complexity index is 940. The molecule has 3 nitrogen and oxygen atoms in total. The van der Waals surface area contributed by atoms with Crippen molar-refractivity contribution in [2.45, 2.75) is 51.2 Å². The van der Waals surface area contributed by atoms with Crippen molar-refractivity contribution in [3.05, 3.63) is 71.5 Å². The van der Waals surface area contributed by atoms with E-state index in [1.165, 1.54) is 12.1 Å². The topological polar surface area (TPSA) is 48.1 Å². The Morgan fingerprint density at radius 3 is 2.33 bits per heavy atom. The Balaban J connectivity index is 0.000000269. The van der Waals surface area contributed by atoms with Crippen molar-refractivity contribution < 1.29 is 13.5 Å². The van der Waals surface area contributed by atoms with Gasteiger partial charge < -0.3 is 10.5 Å². The van der Waals surface area contributed by atoms with E-state index in [0.29, 0.717) is 17.0 Å². The summed E-state index contributed by atoms with van der Waals surface area (Å²) < 4.78 is 30.1. The van der Waals surface area contributed by atoms with E-state index in [0.717, 1.165) is 60.8 Å². The van der Waals surface area contributed by atoms with Gasteiger partial charge >= 0.3 is 0 Å². The Morgan fingerprint density at radius 1 is 1.07 bits per heavy atom. The Morgan fingerprint density at radius 2 is 1.73 bits per heavy atom. The lowest BCUT2D eigenvalue weighted by atomic mass is 9.82. The minimum atomic E-state index is -0.799. The van der Waals surface area contributed by atoms with Crippen LogP contribution >= 0.6 is 11.6 Å². The van der Waals surface area contributed by atoms with Crippen LogP contribution in [0.4, 0.5) is 8.78 Å². The van der Waals surface area contributed by atoms with Gasteiger partial charge in [-0.1, -0.05) is 30.7 Å². The first kappa shape index (κ1) is 22.4. The van der Waals surface area contributed by atoms with E-state index in [-0.39, 0.29) is 6.10 Å². The molecule has 1 aliphatic carbocycles. The summed E-state index contributed by atoms with van der Waals surface area (Å²) in [6.07, 6.45) is 9.33. The molecule has 1 saturated carbocycles. The molecule has 1 aromatic heterocycles. The average Bonchev–Trinajstić information content (AvgIpc) is 2.77. The molecule has 2 N–H and O–H groups in total. The molecule has 6 heteroatoms. The maximum atomic E-state index is 11.9. The van der Waals surface area contributed by atoms with Crippen LogP contribution in [0.3, 0.4) is 0 Å². The highest BCUT2D eigenvalue weighted by molar-refractivity contribution is 6.32. The summed E-state index contributed by atoms with van der Waals surface area (Å²) in [5, 5.41) is 2.81. The Hall–Kier alpha value is -2.24. The zero-order chi connectivity index (χ0) is 21.5. The van der Waals surface area contributed by atoms with Gasteiger partial charge in [0.05, 0.1) is 11.1 Å². The number of ether oxygens (including phenoxy) is 1. The van der Waals surface area contributed by atoms with Crippen LogP contribution in [0.5, 0.6) is 5.75 Å². The predicted molar refractivity (Wildman–Crippen MR) is 118 cm³/mol. The molecule has 2 aromatic carbocycles. The van der Waals surface area contributed by atoms with Crippen LogP contribution in [-0.2, 0) is 0 Å². The summed E-state index contributed by atoms with van der Waals surface area (Å²) in [4.78, 5) is 4.12. The standard InChI is InChI=1S/C18H23ClN2O.C6H4F2/c1-2-17(20)12-3-5-15(6-4-12)22-18-10-13-7-8-21-11-14(13)9-16(18)19;7-5-3-1-2-4-6(5)8/h7-12,15,17H,2-6,20H2,1H3;1-4H. The molecule has 0 spiro atoms. The number of rotatable bonds is 4. The third-order valence-corrected chi connectivity index (χ3v) is 5.90. The molecule has 0 amide bonds. The van der Waals surface area contributed by atoms with Gasteiger partial charge in [-0.3, -0.25) is 4.98 Å². The Kier molecular flexibility index (Phi) is 8.00. The third kappa shape index (κ3) is 5.89. The van der Waals surface area contributed by atoms with Gasteiger partial charge in [-0.2, -0.15) is 0 Å². The molecule has 30 heavy (non-hydrogen) atoms. The third-order valence-electron chi connectivity index (χ3n) is 5.61. The number of nitrogens with zero attached hydrogens (tertiary/aromatic N) is 1. The number of halogens is 3. The predicted octanol–water partition coefficient (Wildman–Crippen LogP) is 6.53. The van der Waals surface area contributed by atoms with Crippen molar-refractivity contribution in [1.29, 1.82) is 0 Å². The van der Waals surface area contributed by atoms with Crippen LogP contribution < -0.4 is 10.5 Å². The smallest absolute Gasteiger partial charge is 0.158 e. The van der Waals surface area contributed by atoms with Crippen LogP contribution in [0.2, 0.25) is 5.02 Å². The van der Waals surface area contributed by atoms with E-state index in [1.54, 1.807) is 6.20 Å². The minimum Gasteiger partial charge on any atom is -0.489 e. The second-order valence-electron chi connectivity index (χ2n) is 7.65. The fourth-order valence-corrected chi connectivity index (χ4v) is 3.98. The van der Waals surface area contributed by atoms with E-state index < -0.39 is 11.6 Å². The highest BCUT2D eigenvalue weighted by atomic mass is 35.5. The number of aromatic nitrogens is 1. The quantitative estimate of drug-likeness (QED) is 0.510. The Labute approximate surface area is 181 Å². The van der Waals surface area contributed by atoms with Crippen molar-refractivity contribution in [3.63, 3.8) is 0 Å². The molecular formula is C24H27ClF2N2O. The van der Waals surface area contributed by atoms with Gasteiger partial charge in [-0.25, -0.2) is 8.78 Å². The van der Waals surface area contributed by atoms with Crippen LogP contribution in [-0.4, -0.2) is 17.1 Å². The number of hydrogen-bond donors (Lipinski definition) is 1. The van der Waals surface area contributed by atoms with E-state index in [1.807, 2.05) is 24.4 Å². The molecule has 1 atom stereocenters. The zero-order valence-corrected chi connectivity index (χ0v) is 17.8. The highest BCUT2D eigenvalue weighted by Crippen LogP contribution is 2.34. The maximum absolute atomic E-state index is 11.9. The molecule has 0 aliphatic heterocycles. The molecule has 1 heterocycles. The summed E-state index contributed by atoms with van der Waals surface area (Å²) in [6, 6.07) is 11.3. The lowest BCUT2D eigenvalue weighted by molar-refractivity contribution is 0.122. The van der Waals surface area contributed by atoms with Gasteiger partial charge in [0.1, 0.15) is 5.75 Å². The van der Waals surface area contributed by atoms with Crippen molar-refractivity contribution >= 4 is 22.4 Å². The molecule has 4 rings (SSSR count). The largest absolute Gasteiger partial charge is 0.489 e. The van der Waals surface area contributed by atoms with Crippen molar-refractivity contribution in [3.8, 4) is 5.75 Å². The number of benzene rings is 2. The van der Waals surface area contributed by atoms with Gasteiger partial charge in [0.25, 0.3) is 0 Å². The molecular weight excluding hydrogens is 406 g/mol. The molecule has 3 aromatic rings. The second-order valence-corrected chi connectivity index (χ2v) is 8.05. The molecule has 0 saturated heterocycles. The first-order valence-electron chi connectivity index (χ1n) is 10.3. The van der Waals surface area contributed by atoms with Gasteiger partial charge in [-0.15, -0.1) is 0 Å². The fourth-order valence-electron chi connectivity index (χ4n) is 3.76. The lowest BCUT2D eigenvalue weighted by Crippen LogP contribution is -2.35. The average molecular weight is 433 g/mol. The normalized spacial score (nSPS) is 19.6. The molecule has 1 unspecified atom stereocenters. The van der Waals surface area contributed by atoms with Crippen LogP contribution in [0, 0.1) is 17.6 Å². The molecule has 1 fully saturated rings. The number of nitrogens with two attached hydrogens (primary N) is 1. The van der Waals surface area contributed by atoms with Gasteiger partial charge in [0.2, 0.25) is 0 Å². The van der Waals surface area contributed by atoms with Crippen molar-refractivity contribution in [1.82, 2.24) is 4.98 Å². The maximum Gasteiger partial charge on any atom is 0.158 e. The zero-order valence-electron chi connectivity index (χ0n) is 17.0. The molecule has 1 aliphatic rings. The number of hydrogen-bond acceptors (Lipinski definition) is 3. The molecule has 0 radical (unpaired) electrons. The first-order valence-corrected chi connectivity index (χ1v) is 10.7. The van der Waals surface area contributed by atoms with Crippen LogP contribution in [0.25, 0.3) is 10.8 Å². The summed E-state index contributed by atoms with van der Waals surface area (Å²) in [7, 11) is 0. The summed E-state index contributed by atoms with van der Waals surface area (Å²) in [6.45, 7) is 2.16. The van der Waals surface area contributed by atoms with Crippen molar-refractivity contribution in [2.75, 3.05) is 0 Å². The molecule has 160 valence electrons. The van der Waals surface area contributed by atoms with Crippen LogP contribution in [0.15, 0.2) is 54.9 Å². The fraction of sp³-hybridized carbons (Fsp3) is 0.375. The summed E-state index contributed by atoms with van der Waals surface area (Å²) in [5.74, 6) is -0.174. The monoisotopic (exact) mass is 432 g/mol. The van der Waals surface area contributed by atoms with Gasteiger partial charge in [0.15, 0.2) is 11.6 Å². The molecule has 0 bridgehead atoms. The number of fused-ring (bicyclic) bond motifs is 1. The van der Waals surface area contributed by atoms with E-state index in [4.69, 9.17) is 22.1 Å². The van der Waals surface area contributed by atoms with E-state index in [2.05, 4.69) is 11.9 Å². The van der Waals surface area contributed by atoms with Gasteiger partial charge in [0, 0.05) is 23.8 Å². The van der Waals surface area contributed by atoms with Crippen molar-refractivity contribution in [2.24, 2.45) is 11.7 Å². The van der Waals surface area contributed by atoms with Gasteiger partial charge in [-0.05, 0) is 73.7 Å². The highest BCUT2D eigenvalue weighted by Gasteiger charge is 2.26. The van der Waals surface area contributed by atoms with Crippen LogP contribution in [0.1, 0.15) is 39.0 Å². The van der Waals surface area contributed by atoms with E-state index >= 15 is 0 Å². The summed E-state index contributed by atoms with van der Waals surface area (Å²) in [5.41, 5.74) is 6.16. The minimum absolute atomic E-state index is 0.247. The SMILES string of the molecule is CCC(N)C1CCC(Oc2cc3ccncc3cc2Cl)CC1.Fc1ccccc1F.